The summed E-state index contributed by atoms with van der Waals surface area (Å²) in [5.41, 5.74) is 0. The van der Waals surface area contributed by atoms with E-state index in [1.165, 1.54) is 42.9 Å². The molecule has 0 spiro atoms. The molecule has 4 rings (SSSR count). The van der Waals surface area contributed by atoms with Crippen molar-refractivity contribution in [3.63, 3.8) is 0 Å². The number of benzene rings is 4. The molecule has 0 aliphatic carbocycles. The summed E-state index contributed by atoms with van der Waals surface area (Å²) in [5.74, 6) is 0. The zero-order valence-electron chi connectivity index (χ0n) is 10.9. The highest BCUT2D eigenvalue weighted by atomic mass is 31.0. The normalized spacial score (nSPS) is 11.5. The van der Waals surface area contributed by atoms with E-state index in [2.05, 4.69) is 79.1 Å². The van der Waals surface area contributed by atoms with Crippen LogP contribution >= 0.6 is 18.5 Å². The highest BCUT2D eigenvalue weighted by Crippen LogP contribution is 2.34. The van der Waals surface area contributed by atoms with E-state index >= 15 is 0 Å². The van der Waals surface area contributed by atoms with Crippen molar-refractivity contribution < 1.29 is 0 Å². The Morgan fingerprint density at radius 3 is 1.30 bits per heavy atom. The van der Waals surface area contributed by atoms with Gasteiger partial charge < -0.3 is 0 Å². The second-order valence-electron chi connectivity index (χ2n) is 5.09. The van der Waals surface area contributed by atoms with Gasteiger partial charge in [0, 0.05) is 0 Å². The van der Waals surface area contributed by atoms with Crippen LogP contribution < -0.4 is 10.6 Å². The van der Waals surface area contributed by atoms with E-state index in [-0.39, 0.29) is 0 Å². The smallest absolute Gasteiger partial charge is 0.00210 e. The molecule has 2 atom stereocenters. The Bertz CT molecular complexity index is 891. The highest BCUT2D eigenvalue weighted by molar-refractivity contribution is 7.29. The molecular weight excluding hydrogens is 278 g/mol. The molecule has 0 amide bonds. The third-order valence-corrected chi connectivity index (χ3v) is 4.91. The molecule has 0 aliphatic heterocycles. The minimum atomic E-state index is 1.26. The molecule has 96 valence electrons. The average molecular weight is 292 g/mol. The molecule has 20 heavy (non-hydrogen) atoms. The minimum Gasteiger partial charge on any atom is -0.105 e. The fourth-order valence-electron chi connectivity index (χ4n) is 3.10. The summed E-state index contributed by atoms with van der Waals surface area (Å²) >= 11 is 0. The van der Waals surface area contributed by atoms with E-state index < -0.39 is 0 Å². The topological polar surface area (TPSA) is 0 Å². The molecule has 4 aromatic carbocycles. The van der Waals surface area contributed by atoms with Crippen LogP contribution in [-0.2, 0) is 0 Å². The van der Waals surface area contributed by atoms with Gasteiger partial charge in [0.05, 0.1) is 0 Å². The monoisotopic (exact) mass is 292 g/mol. The molecular formula is C18H14P2. The Morgan fingerprint density at radius 2 is 0.850 bits per heavy atom. The minimum absolute atomic E-state index is 1.26. The van der Waals surface area contributed by atoms with E-state index in [4.69, 9.17) is 0 Å². The van der Waals surface area contributed by atoms with Crippen molar-refractivity contribution in [3.8, 4) is 0 Å². The third-order valence-electron chi connectivity index (χ3n) is 3.95. The van der Waals surface area contributed by atoms with Crippen molar-refractivity contribution in [3.05, 3.63) is 60.7 Å². The van der Waals surface area contributed by atoms with Gasteiger partial charge in [-0.15, -0.1) is 18.5 Å². The Morgan fingerprint density at radius 1 is 0.450 bits per heavy atom. The van der Waals surface area contributed by atoms with E-state index in [0.29, 0.717) is 0 Å². The summed E-state index contributed by atoms with van der Waals surface area (Å²) in [7, 11) is 5.76. The van der Waals surface area contributed by atoms with Crippen LogP contribution in [0.4, 0.5) is 0 Å². The summed E-state index contributed by atoms with van der Waals surface area (Å²) in [4.78, 5) is 0. The van der Waals surface area contributed by atoms with Crippen LogP contribution in [0, 0.1) is 0 Å². The number of hydrogen-bond donors (Lipinski definition) is 0. The van der Waals surface area contributed by atoms with Crippen molar-refractivity contribution in [1.29, 1.82) is 0 Å². The lowest BCUT2D eigenvalue weighted by Gasteiger charge is -2.13. The first-order valence-corrected chi connectivity index (χ1v) is 7.80. The molecule has 0 saturated heterocycles. The van der Waals surface area contributed by atoms with Crippen LogP contribution in [0.25, 0.3) is 32.3 Å². The predicted molar refractivity (Wildman–Crippen MR) is 97.6 cm³/mol. The Labute approximate surface area is 122 Å². The largest absolute Gasteiger partial charge is 0.105 e. The van der Waals surface area contributed by atoms with E-state index in [1.54, 1.807) is 0 Å². The Kier molecular flexibility index (Phi) is 2.77. The summed E-state index contributed by atoms with van der Waals surface area (Å²) in [6, 6.07) is 21.7. The average Bonchev–Trinajstić information content (AvgIpc) is 2.48. The second-order valence-corrected chi connectivity index (χ2v) is 6.33. The lowest BCUT2D eigenvalue weighted by molar-refractivity contribution is 1.81. The first-order chi connectivity index (χ1) is 9.77. The molecule has 2 heteroatoms. The predicted octanol–water partition coefficient (Wildman–Crippen LogP) is 4.15. The first-order valence-electron chi connectivity index (χ1n) is 6.64. The molecule has 0 N–H and O–H groups in total. The van der Waals surface area contributed by atoms with Gasteiger partial charge in [0.25, 0.3) is 0 Å². The maximum Gasteiger partial charge on any atom is -0.00210 e. The lowest BCUT2D eigenvalue weighted by atomic mass is 9.94. The zero-order chi connectivity index (χ0) is 13.7. The Balaban J connectivity index is 2.49. The van der Waals surface area contributed by atoms with Crippen molar-refractivity contribution >= 4 is 61.4 Å². The zero-order valence-corrected chi connectivity index (χ0v) is 13.2. The van der Waals surface area contributed by atoms with Gasteiger partial charge in [-0.05, 0) is 42.9 Å². The van der Waals surface area contributed by atoms with Crippen molar-refractivity contribution in [2.45, 2.75) is 0 Å². The third kappa shape index (κ3) is 1.62. The number of hydrogen-bond acceptors (Lipinski definition) is 0. The maximum absolute atomic E-state index is 2.88. The van der Waals surface area contributed by atoms with Crippen LogP contribution in [0.5, 0.6) is 0 Å². The fraction of sp³-hybridized carbons (Fsp3) is 0. The van der Waals surface area contributed by atoms with Crippen LogP contribution in [-0.4, -0.2) is 0 Å². The van der Waals surface area contributed by atoms with Crippen LogP contribution in [0.2, 0.25) is 0 Å². The second kappa shape index (κ2) is 4.52. The van der Waals surface area contributed by atoms with Gasteiger partial charge in [-0.25, -0.2) is 0 Å². The molecule has 0 saturated carbocycles. The molecule has 0 bridgehead atoms. The van der Waals surface area contributed by atoms with Gasteiger partial charge in [0.2, 0.25) is 0 Å². The van der Waals surface area contributed by atoms with Gasteiger partial charge in [-0.1, -0.05) is 60.7 Å². The van der Waals surface area contributed by atoms with Gasteiger partial charge >= 0.3 is 0 Å². The Hall–Kier alpha value is -1.48. The van der Waals surface area contributed by atoms with E-state index in [1.807, 2.05) is 0 Å². The molecule has 0 radical (unpaired) electrons. The van der Waals surface area contributed by atoms with Gasteiger partial charge in [-0.2, -0.15) is 0 Å². The number of fused-ring (bicyclic) bond motifs is 6. The van der Waals surface area contributed by atoms with E-state index in [0.717, 1.165) is 0 Å². The molecule has 0 aromatic heterocycles. The molecule has 4 aromatic rings. The van der Waals surface area contributed by atoms with Gasteiger partial charge in [0.15, 0.2) is 0 Å². The lowest BCUT2D eigenvalue weighted by Crippen LogP contribution is -2.01. The van der Waals surface area contributed by atoms with Crippen LogP contribution in [0.1, 0.15) is 0 Å². The van der Waals surface area contributed by atoms with Gasteiger partial charge in [0.1, 0.15) is 0 Å². The number of rotatable bonds is 0. The van der Waals surface area contributed by atoms with Crippen molar-refractivity contribution in [2.75, 3.05) is 0 Å². The maximum atomic E-state index is 2.88. The summed E-state index contributed by atoms with van der Waals surface area (Å²) in [6.07, 6.45) is 0. The first kappa shape index (κ1) is 12.3. The summed E-state index contributed by atoms with van der Waals surface area (Å²) in [6.45, 7) is 0. The van der Waals surface area contributed by atoms with Crippen molar-refractivity contribution in [2.24, 2.45) is 0 Å². The summed E-state index contributed by atoms with van der Waals surface area (Å²) < 4.78 is 0. The molecule has 2 unspecified atom stereocenters. The molecule has 0 fully saturated rings. The standard InChI is InChI=1S/C18H14P2/c19-15-9-3-7-13-11-5-1-2-6-12(11)14-8-4-10-16(20)18(14)17(13)15/h1-10H,19-20H2. The molecule has 0 heterocycles. The fourth-order valence-corrected chi connectivity index (χ4v) is 3.92. The van der Waals surface area contributed by atoms with Crippen LogP contribution in [0.15, 0.2) is 60.7 Å². The SMILES string of the molecule is Pc1cccc2c3ccccc3c3cccc(P)c3c12. The van der Waals surface area contributed by atoms with Gasteiger partial charge in [-0.3, -0.25) is 0 Å². The van der Waals surface area contributed by atoms with Crippen molar-refractivity contribution in [1.82, 2.24) is 0 Å². The quantitative estimate of drug-likeness (QED) is 0.337. The highest BCUT2D eigenvalue weighted by Gasteiger charge is 2.10. The molecule has 0 nitrogen and oxygen atoms in total. The van der Waals surface area contributed by atoms with Crippen LogP contribution in [0.3, 0.4) is 0 Å². The van der Waals surface area contributed by atoms with E-state index in [9.17, 15) is 0 Å². The molecule has 0 aliphatic rings. The summed E-state index contributed by atoms with van der Waals surface area (Å²) in [5, 5.41) is 10.5.